The molecule has 2 aliphatic heterocycles. The van der Waals surface area contributed by atoms with Crippen LogP contribution in [0.5, 0.6) is 5.75 Å². The fourth-order valence-electron chi connectivity index (χ4n) is 9.61. The summed E-state index contributed by atoms with van der Waals surface area (Å²) < 4.78 is 15.5. The molecule has 0 aromatic heterocycles. The summed E-state index contributed by atoms with van der Waals surface area (Å²) in [4.78, 5) is 23.2. The highest BCUT2D eigenvalue weighted by Crippen LogP contribution is 2.62. The van der Waals surface area contributed by atoms with E-state index >= 15 is 4.39 Å². The van der Waals surface area contributed by atoms with Crippen molar-refractivity contribution in [2.45, 2.75) is 67.3 Å². The molecule has 5 fully saturated rings. The van der Waals surface area contributed by atoms with Gasteiger partial charge in [0.2, 0.25) is 5.91 Å². The van der Waals surface area contributed by atoms with E-state index in [0.717, 1.165) is 57.5 Å². The van der Waals surface area contributed by atoms with Crippen LogP contribution in [-0.2, 0) is 23.3 Å². The molecule has 52 heavy (non-hydrogen) atoms. The SMILES string of the molecule is O=C1NC(=NCc2ccccc2)SC1C1(NCc2ccccc2)N=CC(=Cc2cccc(-c3cc(F)c(O)c(C45CC6CC(CC(C6)C4)C5)c3)c2)S1. The van der Waals surface area contributed by atoms with Gasteiger partial charge in [-0.25, -0.2) is 4.39 Å². The lowest BCUT2D eigenvalue weighted by Gasteiger charge is -2.57. The minimum Gasteiger partial charge on any atom is -0.505 e. The Balaban J connectivity index is 0.985. The van der Waals surface area contributed by atoms with E-state index < -0.39 is 16.1 Å². The number of allylic oxidation sites excluding steroid dienone is 1. The zero-order chi connectivity index (χ0) is 35.3. The van der Waals surface area contributed by atoms with Crippen LogP contribution in [0.4, 0.5) is 4.39 Å². The Hall–Kier alpha value is -4.18. The second kappa shape index (κ2) is 13.7. The Morgan fingerprint density at radius 3 is 2.29 bits per heavy atom. The van der Waals surface area contributed by atoms with Gasteiger partial charge in [0.25, 0.3) is 0 Å². The molecule has 264 valence electrons. The second-order valence-corrected chi connectivity index (χ2v) is 17.6. The van der Waals surface area contributed by atoms with Crippen molar-refractivity contribution in [3.8, 4) is 16.9 Å². The molecule has 3 N–H and O–H groups in total. The summed E-state index contributed by atoms with van der Waals surface area (Å²) in [5, 5.41) is 17.8. The van der Waals surface area contributed by atoms with Crippen LogP contribution in [-0.4, -0.2) is 32.6 Å². The van der Waals surface area contributed by atoms with E-state index in [-0.39, 0.29) is 17.1 Å². The third-order valence-corrected chi connectivity index (χ3v) is 14.2. The van der Waals surface area contributed by atoms with Crippen LogP contribution in [0.25, 0.3) is 17.2 Å². The minimum atomic E-state index is -0.953. The number of nitrogens with zero attached hydrogens (tertiary/aromatic N) is 2. The van der Waals surface area contributed by atoms with Gasteiger partial charge in [-0.15, -0.1) is 0 Å². The Labute approximate surface area is 312 Å². The van der Waals surface area contributed by atoms with Crippen LogP contribution in [0.15, 0.2) is 112 Å². The summed E-state index contributed by atoms with van der Waals surface area (Å²) in [5.74, 6) is 1.23. The van der Waals surface area contributed by atoms with E-state index in [1.54, 1.807) is 0 Å². The Morgan fingerprint density at radius 1 is 0.885 bits per heavy atom. The number of aromatic hydroxyl groups is 1. The first-order valence-electron chi connectivity index (χ1n) is 18.3. The van der Waals surface area contributed by atoms with Gasteiger partial charge < -0.3 is 10.4 Å². The number of halogens is 1. The lowest BCUT2D eigenvalue weighted by atomic mass is 9.48. The predicted octanol–water partition coefficient (Wildman–Crippen LogP) is 9.06. The van der Waals surface area contributed by atoms with E-state index in [1.807, 2.05) is 72.9 Å². The largest absolute Gasteiger partial charge is 0.505 e. The van der Waals surface area contributed by atoms with Crippen LogP contribution in [0.2, 0.25) is 0 Å². The molecule has 2 unspecified atom stereocenters. The number of carbonyl (C=O) groups is 1. The third-order valence-electron chi connectivity index (χ3n) is 11.5. The van der Waals surface area contributed by atoms with Gasteiger partial charge >= 0.3 is 0 Å². The van der Waals surface area contributed by atoms with E-state index in [2.05, 4.69) is 41.0 Å². The molecule has 4 saturated carbocycles. The number of phenols is 1. The summed E-state index contributed by atoms with van der Waals surface area (Å²) >= 11 is 2.94. The second-order valence-electron chi connectivity index (χ2n) is 15.2. The maximum atomic E-state index is 15.5. The molecule has 10 rings (SSSR count). The first-order valence-corrected chi connectivity index (χ1v) is 20.0. The van der Waals surface area contributed by atoms with E-state index in [9.17, 15) is 9.90 Å². The lowest BCUT2D eigenvalue weighted by Crippen LogP contribution is -2.50. The topological polar surface area (TPSA) is 86.1 Å². The molecule has 2 heterocycles. The number of phenolic OH excluding ortho intramolecular Hbond substituents is 1. The van der Waals surface area contributed by atoms with Gasteiger partial charge in [0.1, 0.15) is 5.25 Å². The molecule has 6 nitrogen and oxygen atoms in total. The van der Waals surface area contributed by atoms with Gasteiger partial charge in [-0.1, -0.05) is 102 Å². The highest BCUT2D eigenvalue weighted by atomic mass is 32.2. The summed E-state index contributed by atoms with van der Waals surface area (Å²) in [6.07, 6.45) is 10.9. The van der Waals surface area contributed by atoms with Gasteiger partial charge in [0.05, 0.1) is 6.54 Å². The van der Waals surface area contributed by atoms with Crippen molar-refractivity contribution in [2.24, 2.45) is 27.7 Å². The monoisotopic (exact) mass is 728 g/mol. The number of thioether (sulfide) groups is 2. The molecule has 1 saturated heterocycles. The molecule has 4 aromatic carbocycles. The maximum Gasteiger partial charge on any atom is 0.244 e. The van der Waals surface area contributed by atoms with Crippen molar-refractivity contribution in [2.75, 3.05) is 0 Å². The number of hydrogen-bond donors (Lipinski definition) is 3. The van der Waals surface area contributed by atoms with Crippen LogP contribution >= 0.6 is 23.5 Å². The molecular weight excluding hydrogens is 688 g/mol. The Morgan fingerprint density at radius 2 is 1.58 bits per heavy atom. The van der Waals surface area contributed by atoms with Crippen molar-refractivity contribution in [3.63, 3.8) is 0 Å². The first-order chi connectivity index (χ1) is 25.3. The number of aliphatic imine (C=N–C) groups is 2. The highest BCUT2D eigenvalue weighted by Gasteiger charge is 2.53. The molecule has 2 atom stereocenters. The van der Waals surface area contributed by atoms with Crippen LogP contribution in [0, 0.1) is 23.6 Å². The van der Waals surface area contributed by atoms with Crippen molar-refractivity contribution in [3.05, 3.63) is 130 Å². The smallest absolute Gasteiger partial charge is 0.244 e. The highest BCUT2D eigenvalue weighted by molar-refractivity contribution is 8.17. The number of nitrogens with one attached hydrogen (secondary N) is 2. The number of rotatable bonds is 9. The number of carbonyl (C=O) groups excluding carboxylic acids is 1. The molecule has 4 aromatic rings. The van der Waals surface area contributed by atoms with Gasteiger partial charge in [0, 0.05) is 23.2 Å². The standard InChI is InChI=1S/C43H41FN4O2S2/c44-37-20-34(19-36(38(37)49)42-21-30-14-31(22-42)16-32(15-30)23-42)33-13-7-12-29(17-33)18-35-26-47-43(52-35,46-25-28-10-5-2-6-11-28)39-40(50)48-41(51-39)45-24-27-8-3-1-4-9-27/h1-13,17-20,26,30-32,39,46,49H,14-16,21-25H2,(H,45,48,50). The summed E-state index contributed by atoms with van der Waals surface area (Å²) in [5.41, 5.74) is 5.48. The number of hydrogen-bond acceptors (Lipinski definition) is 7. The molecule has 9 heteroatoms. The molecule has 6 aliphatic rings. The van der Waals surface area contributed by atoms with Crippen molar-refractivity contribution >= 4 is 46.9 Å². The van der Waals surface area contributed by atoms with Gasteiger partial charge in [-0.2, -0.15) is 0 Å². The average Bonchev–Trinajstić information content (AvgIpc) is 3.74. The van der Waals surface area contributed by atoms with Crippen LogP contribution < -0.4 is 10.6 Å². The zero-order valence-corrected chi connectivity index (χ0v) is 30.4. The van der Waals surface area contributed by atoms with Crippen LogP contribution in [0.1, 0.15) is 60.8 Å². The van der Waals surface area contributed by atoms with Gasteiger partial charge in [0.15, 0.2) is 21.7 Å². The predicted molar refractivity (Wildman–Crippen MR) is 211 cm³/mol. The van der Waals surface area contributed by atoms with Crippen molar-refractivity contribution < 1.29 is 14.3 Å². The maximum absolute atomic E-state index is 15.5. The van der Waals surface area contributed by atoms with E-state index in [0.29, 0.717) is 36.0 Å². The molecule has 0 radical (unpaired) electrons. The molecule has 1 amide bonds. The third kappa shape index (κ3) is 6.52. The molecule has 0 spiro atoms. The number of benzene rings is 4. The zero-order valence-electron chi connectivity index (χ0n) is 28.8. The van der Waals surface area contributed by atoms with Crippen molar-refractivity contribution in [1.82, 2.24) is 10.6 Å². The number of amidine groups is 1. The normalized spacial score (nSPS) is 30.4. The summed E-state index contributed by atoms with van der Waals surface area (Å²) in [7, 11) is 0. The molecular formula is C43H41FN4O2S2. The number of amides is 1. The average molecular weight is 729 g/mol. The minimum absolute atomic E-state index is 0.126. The quantitative estimate of drug-likeness (QED) is 0.160. The fraction of sp³-hybridized carbons (Fsp3) is 0.326. The molecule has 4 aliphatic carbocycles. The van der Waals surface area contributed by atoms with Gasteiger partial charge in [-0.3, -0.25) is 20.1 Å². The lowest BCUT2D eigenvalue weighted by molar-refractivity contribution is -0.119. The molecule has 4 bridgehead atoms. The summed E-state index contributed by atoms with van der Waals surface area (Å²) in [6.45, 7) is 1.01. The Kier molecular flexibility index (Phi) is 8.84. The first kappa shape index (κ1) is 33.6. The van der Waals surface area contributed by atoms with E-state index in [1.165, 1.54) is 48.9 Å². The van der Waals surface area contributed by atoms with E-state index in [4.69, 9.17) is 9.98 Å². The van der Waals surface area contributed by atoms with Crippen LogP contribution in [0.3, 0.4) is 0 Å². The van der Waals surface area contributed by atoms with Crippen molar-refractivity contribution in [1.29, 1.82) is 0 Å². The summed E-state index contributed by atoms with van der Waals surface area (Å²) in [6, 6.07) is 31.7. The van der Waals surface area contributed by atoms with Gasteiger partial charge in [-0.05, 0) is 114 Å². The fourth-order valence-corrected chi connectivity index (χ4v) is 12.0. The Bertz CT molecular complexity index is 2070.